The number of carbonyl (C=O) groups excluding carboxylic acids is 1. The predicted octanol–water partition coefficient (Wildman–Crippen LogP) is 4.95. The predicted molar refractivity (Wildman–Crippen MR) is 109 cm³/mol. The van der Waals surface area contributed by atoms with Crippen molar-refractivity contribution in [3.05, 3.63) is 64.7 Å². The summed E-state index contributed by atoms with van der Waals surface area (Å²) in [5.74, 6) is 0. The van der Waals surface area contributed by atoms with Gasteiger partial charge < -0.3 is 19.7 Å². The number of urea groups is 1. The van der Waals surface area contributed by atoms with Crippen molar-refractivity contribution in [3.8, 4) is 0 Å². The number of benzene rings is 2. The minimum absolute atomic E-state index is 0.196. The third-order valence-electron chi connectivity index (χ3n) is 3.84. The molecule has 2 rings (SSSR count). The van der Waals surface area contributed by atoms with Gasteiger partial charge in [0.2, 0.25) is 0 Å². The zero-order chi connectivity index (χ0) is 19.6. The molecule has 0 fully saturated rings. The van der Waals surface area contributed by atoms with E-state index < -0.39 is 0 Å². The van der Waals surface area contributed by atoms with Gasteiger partial charge in [-0.2, -0.15) is 0 Å². The number of carbonyl (C=O) groups is 1. The Balaban J connectivity index is 1.83. The molecule has 0 aliphatic carbocycles. The van der Waals surface area contributed by atoms with Crippen LogP contribution in [0.15, 0.2) is 48.5 Å². The van der Waals surface area contributed by atoms with Crippen molar-refractivity contribution in [2.75, 3.05) is 25.6 Å². The lowest BCUT2D eigenvalue weighted by Crippen LogP contribution is -2.30. The summed E-state index contributed by atoms with van der Waals surface area (Å²) in [5.41, 5.74) is 2.62. The van der Waals surface area contributed by atoms with Crippen LogP contribution in [0.5, 0.6) is 0 Å². The van der Waals surface area contributed by atoms with E-state index in [2.05, 4.69) is 5.32 Å². The van der Waals surface area contributed by atoms with Gasteiger partial charge in [-0.05, 0) is 43.2 Å². The van der Waals surface area contributed by atoms with Gasteiger partial charge >= 0.3 is 6.03 Å². The number of nitrogens with zero attached hydrogens (tertiary/aromatic N) is 1. The molecule has 0 saturated heterocycles. The molecule has 146 valence electrons. The number of halogens is 1. The minimum Gasteiger partial charge on any atom is -0.376 e. The molecule has 0 radical (unpaired) electrons. The Kier molecular flexibility index (Phi) is 8.58. The third kappa shape index (κ3) is 7.59. The molecule has 6 heteroatoms. The normalized spacial score (nSPS) is 10.9. The number of hydrogen-bond donors (Lipinski definition) is 1. The van der Waals surface area contributed by atoms with E-state index in [-0.39, 0.29) is 12.1 Å². The number of amides is 2. The lowest BCUT2D eigenvalue weighted by molar-refractivity contribution is 0.0143. The Morgan fingerprint density at radius 3 is 2.67 bits per heavy atom. The molecular weight excluding hydrogens is 364 g/mol. The average molecular weight is 391 g/mol. The molecule has 5 nitrogen and oxygen atoms in total. The monoisotopic (exact) mass is 390 g/mol. The van der Waals surface area contributed by atoms with E-state index >= 15 is 0 Å². The van der Waals surface area contributed by atoms with E-state index in [0.717, 1.165) is 16.8 Å². The van der Waals surface area contributed by atoms with Gasteiger partial charge in [0, 0.05) is 24.3 Å². The van der Waals surface area contributed by atoms with Crippen LogP contribution in [0.1, 0.15) is 25.0 Å². The Labute approximate surface area is 166 Å². The molecule has 0 spiro atoms. The van der Waals surface area contributed by atoms with E-state index in [9.17, 15) is 4.79 Å². The van der Waals surface area contributed by atoms with Gasteiger partial charge in [0.15, 0.2) is 0 Å². The number of rotatable bonds is 9. The molecule has 0 bridgehead atoms. The summed E-state index contributed by atoms with van der Waals surface area (Å²) in [4.78, 5) is 14.0. The van der Waals surface area contributed by atoms with Gasteiger partial charge in [0.05, 0.1) is 25.9 Å². The van der Waals surface area contributed by atoms with Crippen molar-refractivity contribution >= 4 is 23.3 Å². The molecule has 2 aromatic rings. The molecule has 0 aliphatic heterocycles. The fraction of sp³-hybridized carbons (Fsp3) is 0.381. The van der Waals surface area contributed by atoms with Crippen LogP contribution in [-0.2, 0) is 22.6 Å². The second-order valence-corrected chi connectivity index (χ2v) is 6.96. The van der Waals surface area contributed by atoms with Gasteiger partial charge in [0.25, 0.3) is 0 Å². The van der Waals surface area contributed by atoms with Crippen molar-refractivity contribution in [3.63, 3.8) is 0 Å². The highest BCUT2D eigenvalue weighted by Crippen LogP contribution is 2.17. The third-order valence-corrected chi connectivity index (χ3v) is 4.21. The Morgan fingerprint density at radius 2 is 1.93 bits per heavy atom. The molecule has 0 atom stereocenters. The summed E-state index contributed by atoms with van der Waals surface area (Å²) >= 11 is 6.16. The van der Waals surface area contributed by atoms with Gasteiger partial charge in [-0.15, -0.1) is 0 Å². The maximum absolute atomic E-state index is 12.4. The van der Waals surface area contributed by atoms with Crippen LogP contribution < -0.4 is 5.32 Å². The maximum Gasteiger partial charge on any atom is 0.321 e. The van der Waals surface area contributed by atoms with Gasteiger partial charge in [0.1, 0.15) is 0 Å². The molecular formula is C21H27ClN2O3. The molecule has 2 amide bonds. The lowest BCUT2D eigenvalue weighted by Gasteiger charge is -2.19. The first-order valence-corrected chi connectivity index (χ1v) is 9.37. The zero-order valence-corrected chi connectivity index (χ0v) is 16.8. The van der Waals surface area contributed by atoms with Gasteiger partial charge in [-0.3, -0.25) is 0 Å². The molecule has 27 heavy (non-hydrogen) atoms. The number of hydrogen-bond acceptors (Lipinski definition) is 3. The van der Waals surface area contributed by atoms with Crippen LogP contribution in [0.25, 0.3) is 0 Å². The van der Waals surface area contributed by atoms with E-state index in [1.165, 1.54) is 0 Å². The Morgan fingerprint density at radius 1 is 1.15 bits per heavy atom. The Bertz CT molecular complexity index is 737. The van der Waals surface area contributed by atoms with Crippen LogP contribution in [0.2, 0.25) is 5.02 Å². The van der Waals surface area contributed by atoms with E-state index in [1.54, 1.807) is 11.9 Å². The van der Waals surface area contributed by atoms with Crippen LogP contribution in [-0.4, -0.2) is 37.3 Å². The number of nitrogens with one attached hydrogen (secondary N) is 1. The molecule has 0 unspecified atom stereocenters. The summed E-state index contributed by atoms with van der Waals surface area (Å²) in [7, 11) is 1.74. The highest BCUT2D eigenvalue weighted by molar-refractivity contribution is 6.31. The molecule has 0 saturated carbocycles. The maximum atomic E-state index is 12.4. The second-order valence-electron chi connectivity index (χ2n) is 6.55. The van der Waals surface area contributed by atoms with E-state index in [0.29, 0.717) is 31.4 Å². The standard InChI is InChI=1S/C21H27ClN2O3/c1-16(2)27-12-11-26-15-17-7-6-9-19(13-17)23-21(25)24(3)14-18-8-4-5-10-20(18)22/h4-10,13,16H,11-12,14-15H2,1-3H3,(H,23,25). The molecule has 0 aliphatic rings. The smallest absolute Gasteiger partial charge is 0.321 e. The van der Waals surface area contributed by atoms with Crippen LogP contribution in [0.3, 0.4) is 0 Å². The topological polar surface area (TPSA) is 50.8 Å². The molecule has 0 heterocycles. The quantitative estimate of drug-likeness (QED) is 0.616. The number of anilines is 1. The summed E-state index contributed by atoms with van der Waals surface area (Å²) in [5, 5.41) is 3.55. The van der Waals surface area contributed by atoms with Crippen molar-refractivity contribution in [1.29, 1.82) is 0 Å². The van der Waals surface area contributed by atoms with Crippen molar-refractivity contribution in [1.82, 2.24) is 4.90 Å². The first kappa shape index (κ1) is 21.2. The van der Waals surface area contributed by atoms with Crippen LogP contribution in [0.4, 0.5) is 10.5 Å². The van der Waals surface area contributed by atoms with Crippen molar-refractivity contribution < 1.29 is 14.3 Å². The van der Waals surface area contributed by atoms with Crippen molar-refractivity contribution in [2.45, 2.75) is 33.1 Å². The van der Waals surface area contributed by atoms with Gasteiger partial charge in [-0.1, -0.05) is 41.9 Å². The van der Waals surface area contributed by atoms with Crippen molar-refractivity contribution in [2.24, 2.45) is 0 Å². The summed E-state index contributed by atoms with van der Waals surface area (Å²) in [6.07, 6.45) is 0.204. The average Bonchev–Trinajstić information content (AvgIpc) is 2.63. The SMILES string of the molecule is CC(C)OCCOCc1cccc(NC(=O)N(C)Cc2ccccc2Cl)c1. The molecule has 0 aromatic heterocycles. The second kappa shape index (κ2) is 10.9. The first-order valence-electron chi connectivity index (χ1n) is 8.99. The fourth-order valence-electron chi connectivity index (χ4n) is 2.44. The molecule has 2 aromatic carbocycles. The fourth-order valence-corrected chi connectivity index (χ4v) is 2.64. The number of ether oxygens (including phenoxy) is 2. The largest absolute Gasteiger partial charge is 0.376 e. The zero-order valence-electron chi connectivity index (χ0n) is 16.1. The molecule has 1 N–H and O–H groups in total. The van der Waals surface area contributed by atoms with Gasteiger partial charge in [-0.25, -0.2) is 4.79 Å². The summed E-state index contributed by atoms with van der Waals surface area (Å²) in [6.45, 7) is 6.00. The van der Waals surface area contributed by atoms with Crippen LogP contribution >= 0.6 is 11.6 Å². The minimum atomic E-state index is -0.196. The summed E-state index contributed by atoms with van der Waals surface area (Å²) in [6, 6.07) is 14.9. The van der Waals surface area contributed by atoms with E-state index in [4.69, 9.17) is 21.1 Å². The highest BCUT2D eigenvalue weighted by atomic mass is 35.5. The summed E-state index contributed by atoms with van der Waals surface area (Å²) < 4.78 is 11.0. The highest BCUT2D eigenvalue weighted by Gasteiger charge is 2.11. The lowest BCUT2D eigenvalue weighted by atomic mass is 10.2. The Hall–Kier alpha value is -2.08. The van der Waals surface area contributed by atoms with E-state index in [1.807, 2.05) is 62.4 Å². The van der Waals surface area contributed by atoms with Crippen LogP contribution in [0, 0.1) is 0 Å². The first-order chi connectivity index (χ1) is 13.0.